The van der Waals surface area contributed by atoms with E-state index in [-0.39, 0.29) is 11.7 Å². The Labute approximate surface area is 187 Å². The lowest BCUT2D eigenvalue weighted by Crippen LogP contribution is -2.35. The summed E-state index contributed by atoms with van der Waals surface area (Å²) in [5.41, 5.74) is -0.533. The number of methoxy groups -OCH3 is 1. The molecular formula is C22H22F3N5O3. The van der Waals surface area contributed by atoms with E-state index < -0.39 is 17.8 Å². The first-order valence-corrected chi connectivity index (χ1v) is 10.4. The van der Waals surface area contributed by atoms with Crippen LogP contribution in [0.25, 0.3) is 10.9 Å². The maximum atomic E-state index is 12.9. The molecule has 33 heavy (non-hydrogen) atoms. The summed E-state index contributed by atoms with van der Waals surface area (Å²) < 4.78 is 46.0. The number of piperidine rings is 1. The molecule has 0 spiro atoms. The number of rotatable bonds is 6. The van der Waals surface area contributed by atoms with Gasteiger partial charge in [0.2, 0.25) is 0 Å². The van der Waals surface area contributed by atoms with E-state index >= 15 is 0 Å². The number of hydrogen-bond acceptors (Lipinski definition) is 6. The van der Waals surface area contributed by atoms with E-state index in [4.69, 9.17) is 4.74 Å². The third-order valence-corrected chi connectivity index (χ3v) is 5.63. The number of nitrogens with one attached hydrogen (secondary N) is 1. The van der Waals surface area contributed by atoms with Crippen LogP contribution in [-0.2, 0) is 11.0 Å². The number of likely N-dealkylation sites (tertiary alicyclic amines) is 1. The first-order chi connectivity index (χ1) is 15.8. The molecule has 1 aliphatic heterocycles. The standard InChI is InChI=1S/C22H22F3N5O3/c1-33-19-12-17-14(13-30(28-17)15-5-7-29(8-6-15)9-10-31)11-18(19)27-21(32)16-3-2-4-20(26-16)22(23,24)25/h2-4,10-13,15H,5-9H2,1H3,(H,27,32). The Hall–Kier alpha value is -3.47. The highest BCUT2D eigenvalue weighted by Crippen LogP contribution is 2.32. The Bertz CT molecular complexity index is 1170. The van der Waals surface area contributed by atoms with Gasteiger partial charge in [0.15, 0.2) is 0 Å². The Morgan fingerprint density at radius 1 is 1.27 bits per heavy atom. The lowest BCUT2D eigenvalue weighted by atomic mass is 10.1. The minimum absolute atomic E-state index is 0.179. The fourth-order valence-electron chi connectivity index (χ4n) is 3.90. The van der Waals surface area contributed by atoms with Crippen molar-refractivity contribution in [1.29, 1.82) is 0 Å². The molecule has 1 N–H and O–H groups in total. The second-order valence-electron chi connectivity index (χ2n) is 7.78. The second-order valence-corrected chi connectivity index (χ2v) is 7.78. The monoisotopic (exact) mass is 461 g/mol. The molecule has 0 radical (unpaired) electrons. The van der Waals surface area contributed by atoms with Crippen LogP contribution in [0.3, 0.4) is 0 Å². The predicted molar refractivity (Wildman–Crippen MR) is 114 cm³/mol. The molecule has 174 valence electrons. The first kappa shape index (κ1) is 22.7. The summed E-state index contributed by atoms with van der Waals surface area (Å²) in [6.45, 7) is 2.03. The largest absolute Gasteiger partial charge is 0.494 e. The van der Waals surface area contributed by atoms with Gasteiger partial charge >= 0.3 is 6.18 Å². The fraction of sp³-hybridized carbons (Fsp3) is 0.364. The molecule has 1 saturated heterocycles. The van der Waals surface area contributed by atoms with Gasteiger partial charge in [-0.05, 0) is 31.0 Å². The van der Waals surface area contributed by atoms with Gasteiger partial charge < -0.3 is 14.8 Å². The Balaban J connectivity index is 1.56. The number of pyridine rings is 1. The number of aldehydes is 1. The summed E-state index contributed by atoms with van der Waals surface area (Å²) >= 11 is 0. The number of ether oxygens (including phenoxy) is 1. The van der Waals surface area contributed by atoms with Crippen LogP contribution in [0.1, 0.15) is 35.1 Å². The zero-order valence-corrected chi connectivity index (χ0v) is 17.8. The molecule has 2 aromatic heterocycles. The number of benzene rings is 1. The highest BCUT2D eigenvalue weighted by molar-refractivity contribution is 6.05. The van der Waals surface area contributed by atoms with Gasteiger partial charge in [0, 0.05) is 30.7 Å². The van der Waals surface area contributed by atoms with Crippen molar-refractivity contribution in [3.8, 4) is 5.75 Å². The number of anilines is 1. The van der Waals surface area contributed by atoms with Crippen LogP contribution in [0, 0.1) is 0 Å². The van der Waals surface area contributed by atoms with Crippen molar-refractivity contribution in [2.45, 2.75) is 25.1 Å². The number of halogens is 3. The third kappa shape index (κ3) is 4.98. The number of carbonyl (C=O) groups is 2. The molecule has 0 bridgehead atoms. The van der Waals surface area contributed by atoms with Crippen LogP contribution in [0.5, 0.6) is 5.75 Å². The van der Waals surface area contributed by atoms with Crippen molar-refractivity contribution in [3.63, 3.8) is 0 Å². The molecule has 0 unspecified atom stereocenters. The average molecular weight is 461 g/mol. The zero-order chi connectivity index (χ0) is 23.6. The predicted octanol–water partition coefficient (Wildman–Crippen LogP) is 3.55. The van der Waals surface area contributed by atoms with Crippen molar-refractivity contribution in [1.82, 2.24) is 19.7 Å². The maximum Gasteiger partial charge on any atom is 0.433 e. The summed E-state index contributed by atoms with van der Waals surface area (Å²) in [6, 6.07) is 6.67. The number of carbonyl (C=O) groups excluding carboxylic acids is 2. The van der Waals surface area contributed by atoms with Crippen LogP contribution in [0.15, 0.2) is 36.5 Å². The van der Waals surface area contributed by atoms with Crippen LogP contribution >= 0.6 is 0 Å². The lowest BCUT2D eigenvalue weighted by molar-refractivity contribution is -0.141. The van der Waals surface area contributed by atoms with E-state index in [0.29, 0.717) is 23.5 Å². The number of nitrogens with zero attached hydrogens (tertiary/aromatic N) is 4. The number of aromatic nitrogens is 3. The fourth-order valence-corrected chi connectivity index (χ4v) is 3.90. The molecule has 1 aliphatic rings. The molecule has 11 heteroatoms. The van der Waals surface area contributed by atoms with Gasteiger partial charge in [0.05, 0.1) is 30.9 Å². The number of hydrogen-bond donors (Lipinski definition) is 1. The highest BCUT2D eigenvalue weighted by atomic mass is 19.4. The Morgan fingerprint density at radius 3 is 2.70 bits per heavy atom. The summed E-state index contributed by atoms with van der Waals surface area (Å²) in [6.07, 6.45) is -0.176. The molecule has 1 aromatic carbocycles. The van der Waals surface area contributed by atoms with E-state index in [9.17, 15) is 22.8 Å². The van der Waals surface area contributed by atoms with Gasteiger partial charge in [-0.25, -0.2) is 4.98 Å². The van der Waals surface area contributed by atoms with Crippen LogP contribution in [0.2, 0.25) is 0 Å². The van der Waals surface area contributed by atoms with Crippen LogP contribution in [0.4, 0.5) is 18.9 Å². The van der Waals surface area contributed by atoms with Gasteiger partial charge in [-0.1, -0.05) is 6.07 Å². The van der Waals surface area contributed by atoms with E-state index in [1.807, 2.05) is 10.9 Å². The van der Waals surface area contributed by atoms with E-state index in [1.54, 1.807) is 12.1 Å². The maximum absolute atomic E-state index is 12.9. The van der Waals surface area contributed by atoms with Crippen molar-refractivity contribution in [3.05, 3.63) is 47.9 Å². The van der Waals surface area contributed by atoms with E-state index in [0.717, 1.165) is 49.7 Å². The molecule has 1 fully saturated rings. The SMILES string of the molecule is COc1cc2nn(C3CCN(CC=O)CC3)cc2cc1NC(=O)c1cccc(C(F)(F)F)n1. The van der Waals surface area contributed by atoms with Crippen molar-refractivity contribution in [2.75, 3.05) is 32.1 Å². The zero-order valence-electron chi connectivity index (χ0n) is 17.8. The van der Waals surface area contributed by atoms with Crippen molar-refractivity contribution in [2.24, 2.45) is 0 Å². The van der Waals surface area contributed by atoms with Gasteiger partial charge in [0.25, 0.3) is 5.91 Å². The third-order valence-electron chi connectivity index (χ3n) is 5.63. The molecule has 3 aromatic rings. The van der Waals surface area contributed by atoms with E-state index in [2.05, 4.69) is 20.3 Å². The smallest absolute Gasteiger partial charge is 0.433 e. The minimum Gasteiger partial charge on any atom is -0.494 e. The normalized spacial score (nSPS) is 15.5. The highest BCUT2D eigenvalue weighted by Gasteiger charge is 2.33. The Morgan fingerprint density at radius 2 is 2.03 bits per heavy atom. The first-order valence-electron chi connectivity index (χ1n) is 10.4. The molecule has 4 rings (SSSR count). The number of fused-ring (bicyclic) bond motifs is 1. The summed E-state index contributed by atoms with van der Waals surface area (Å²) in [4.78, 5) is 28.8. The van der Waals surface area contributed by atoms with Crippen LogP contribution < -0.4 is 10.1 Å². The Kier molecular flexibility index (Phi) is 6.32. The van der Waals surface area contributed by atoms with Crippen molar-refractivity contribution < 1.29 is 27.5 Å². The quantitative estimate of drug-likeness (QED) is 0.565. The molecule has 3 heterocycles. The molecule has 0 aliphatic carbocycles. The van der Waals surface area contributed by atoms with Gasteiger partial charge in [-0.2, -0.15) is 18.3 Å². The van der Waals surface area contributed by atoms with E-state index in [1.165, 1.54) is 13.2 Å². The second kappa shape index (κ2) is 9.18. The topological polar surface area (TPSA) is 89.4 Å². The van der Waals surface area contributed by atoms with Gasteiger partial charge in [0.1, 0.15) is 23.4 Å². The molecule has 1 amide bonds. The molecule has 0 saturated carbocycles. The molecular weight excluding hydrogens is 439 g/mol. The van der Waals surface area contributed by atoms with Gasteiger partial charge in [-0.3, -0.25) is 14.4 Å². The minimum atomic E-state index is -4.65. The molecule has 0 atom stereocenters. The summed E-state index contributed by atoms with van der Waals surface area (Å²) in [5.74, 6) is -0.456. The number of alkyl halides is 3. The average Bonchev–Trinajstić information content (AvgIpc) is 3.21. The summed E-state index contributed by atoms with van der Waals surface area (Å²) in [5, 5.41) is 7.97. The lowest BCUT2D eigenvalue weighted by Gasteiger charge is -2.30. The van der Waals surface area contributed by atoms with Crippen LogP contribution in [-0.4, -0.2) is 58.6 Å². The summed E-state index contributed by atoms with van der Waals surface area (Å²) in [7, 11) is 1.43. The van der Waals surface area contributed by atoms with Crippen molar-refractivity contribution >= 4 is 28.8 Å². The number of amides is 1. The van der Waals surface area contributed by atoms with Gasteiger partial charge in [-0.15, -0.1) is 0 Å². The molecule has 8 nitrogen and oxygen atoms in total.